The minimum atomic E-state index is -0.861. The van der Waals surface area contributed by atoms with Crippen LogP contribution in [0.2, 0.25) is 0 Å². The number of nitrogens with two attached hydrogens (primary N) is 1. The smallest absolute Gasteiger partial charge is 0.307 e. The summed E-state index contributed by atoms with van der Waals surface area (Å²) in [5, 5.41) is 0. The highest BCUT2D eigenvalue weighted by atomic mass is 35.5. The van der Waals surface area contributed by atoms with E-state index in [0.717, 1.165) is 12.8 Å². The lowest BCUT2D eigenvalue weighted by Crippen LogP contribution is -2.19. The van der Waals surface area contributed by atoms with Crippen molar-refractivity contribution in [2.45, 2.75) is 46.1 Å². The van der Waals surface area contributed by atoms with Crippen LogP contribution in [0.3, 0.4) is 0 Å². The molecule has 2 aromatic carbocycles. The Morgan fingerprint density at radius 3 is 2.55 bits per heavy atom. The van der Waals surface area contributed by atoms with Crippen LogP contribution in [0, 0.1) is 25.5 Å². The number of hydrogen-bond acceptors (Lipinski definition) is 4. The molecular weight excluding hydrogens is 424 g/mol. The highest BCUT2D eigenvalue weighted by Gasteiger charge is 2.21. The van der Waals surface area contributed by atoms with E-state index in [-0.39, 0.29) is 31.0 Å². The number of unbranched alkanes of at least 4 members (excludes halogenated alkanes) is 1. The highest BCUT2D eigenvalue weighted by molar-refractivity contribution is 5.85. The van der Waals surface area contributed by atoms with Gasteiger partial charge in [-0.2, -0.15) is 0 Å². The summed E-state index contributed by atoms with van der Waals surface area (Å²) in [5.41, 5.74) is 8.68. The molecule has 1 atom stereocenters. The van der Waals surface area contributed by atoms with Crippen molar-refractivity contribution >= 4 is 18.4 Å². The Balaban J connectivity index is 0.00000480. The lowest BCUT2D eigenvalue weighted by atomic mass is 9.92. The lowest BCUT2D eigenvalue weighted by molar-refractivity contribution is -0.143. The molecule has 0 saturated carbocycles. The number of benzene rings is 2. The Labute approximate surface area is 188 Å². The van der Waals surface area contributed by atoms with E-state index in [1.165, 1.54) is 12.1 Å². The van der Waals surface area contributed by atoms with E-state index in [2.05, 4.69) is 6.58 Å². The molecule has 0 bridgehead atoms. The molecule has 7 heteroatoms. The SMILES string of the molecule is C=CCCCOc1cc(F)cc(C)c1-c1cc(C)c(F)c([C@@H](N)CC(=O)OCC)c1.Cl. The van der Waals surface area contributed by atoms with Gasteiger partial charge < -0.3 is 15.2 Å². The molecule has 0 radical (unpaired) electrons. The van der Waals surface area contributed by atoms with E-state index in [0.29, 0.717) is 34.6 Å². The fourth-order valence-corrected chi connectivity index (χ4v) is 3.33. The normalized spacial score (nSPS) is 11.4. The van der Waals surface area contributed by atoms with Crippen LogP contribution in [0.5, 0.6) is 5.75 Å². The minimum absolute atomic E-state index is 0. The lowest BCUT2D eigenvalue weighted by Gasteiger charge is -2.19. The summed E-state index contributed by atoms with van der Waals surface area (Å²) < 4.78 is 39.6. The second kappa shape index (κ2) is 12.4. The molecule has 0 saturated heterocycles. The Bertz CT molecular complexity index is 918. The number of carbonyl (C=O) groups is 1. The first-order chi connectivity index (χ1) is 14.3. The molecule has 0 unspecified atom stereocenters. The van der Waals surface area contributed by atoms with Gasteiger partial charge in [-0.1, -0.05) is 6.08 Å². The van der Waals surface area contributed by atoms with Crippen molar-refractivity contribution < 1.29 is 23.0 Å². The Kier molecular flexibility index (Phi) is 10.7. The second-order valence-corrected chi connectivity index (χ2v) is 7.19. The van der Waals surface area contributed by atoms with Crippen LogP contribution in [-0.4, -0.2) is 19.2 Å². The summed E-state index contributed by atoms with van der Waals surface area (Å²) in [7, 11) is 0. The first-order valence-corrected chi connectivity index (χ1v) is 10.0. The van der Waals surface area contributed by atoms with Gasteiger partial charge in [0.25, 0.3) is 0 Å². The zero-order valence-corrected chi connectivity index (χ0v) is 19.0. The Morgan fingerprint density at radius 1 is 1.19 bits per heavy atom. The van der Waals surface area contributed by atoms with Gasteiger partial charge in [-0.05, 0) is 68.5 Å². The molecular formula is C24H30ClF2NO3. The first kappa shape index (κ1) is 26.6. The van der Waals surface area contributed by atoms with E-state index in [1.54, 1.807) is 39.0 Å². The predicted molar refractivity (Wildman–Crippen MR) is 122 cm³/mol. The van der Waals surface area contributed by atoms with Crippen molar-refractivity contribution in [3.63, 3.8) is 0 Å². The number of rotatable bonds is 10. The molecule has 0 amide bonds. The van der Waals surface area contributed by atoms with Crippen molar-refractivity contribution in [2.75, 3.05) is 13.2 Å². The van der Waals surface area contributed by atoms with Gasteiger partial charge in [0.2, 0.25) is 0 Å². The van der Waals surface area contributed by atoms with E-state index in [4.69, 9.17) is 15.2 Å². The quantitative estimate of drug-likeness (QED) is 0.273. The fourth-order valence-electron chi connectivity index (χ4n) is 3.33. The van der Waals surface area contributed by atoms with Crippen molar-refractivity contribution in [2.24, 2.45) is 5.73 Å². The molecule has 0 aliphatic carbocycles. The topological polar surface area (TPSA) is 61.5 Å². The van der Waals surface area contributed by atoms with Crippen LogP contribution >= 0.6 is 12.4 Å². The summed E-state index contributed by atoms with van der Waals surface area (Å²) in [6, 6.07) is 5.15. The third kappa shape index (κ3) is 7.04. The third-order valence-corrected chi connectivity index (χ3v) is 4.74. The summed E-state index contributed by atoms with van der Waals surface area (Å²) in [4.78, 5) is 11.8. The number of hydrogen-bond donors (Lipinski definition) is 1. The largest absolute Gasteiger partial charge is 0.493 e. The van der Waals surface area contributed by atoms with Crippen LogP contribution in [0.25, 0.3) is 11.1 Å². The van der Waals surface area contributed by atoms with Crippen molar-refractivity contribution in [3.8, 4) is 16.9 Å². The van der Waals surface area contributed by atoms with Crippen LogP contribution in [0.1, 0.15) is 48.9 Å². The zero-order chi connectivity index (χ0) is 22.3. The highest BCUT2D eigenvalue weighted by Crippen LogP contribution is 2.37. The van der Waals surface area contributed by atoms with E-state index < -0.39 is 23.6 Å². The Morgan fingerprint density at radius 2 is 1.90 bits per heavy atom. The number of esters is 1. The predicted octanol–water partition coefficient (Wildman–Crippen LogP) is 5.97. The molecule has 0 fully saturated rings. The number of ether oxygens (including phenoxy) is 2. The van der Waals surface area contributed by atoms with E-state index >= 15 is 0 Å². The van der Waals surface area contributed by atoms with Gasteiger partial charge in [0.15, 0.2) is 0 Å². The maximum Gasteiger partial charge on any atom is 0.307 e. The van der Waals surface area contributed by atoms with Gasteiger partial charge in [-0.25, -0.2) is 8.78 Å². The summed E-state index contributed by atoms with van der Waals surface area (Å²) in [6.07, 6.45) is 3.19. The van der Waals surface area contributed by atoms with Crippen LogP contribution in [0.4, 0.5) is 8.78 Å². The van der Waals surface area contributed by atoms with Gasteiger partial charge in [0.05, 0.1) is 19.6 Å². The van der Waals surface area contributed by atoms with Gasteiger partial charge in [-0.3, -0.25) is 4.79 Å². The maximum atomic E-state index is 14.8. The molecule has 31 heavy (non-hydrogen) atoms. The molecule has 0 aliphatic rings. The van der Waals surface area contributed by atoms with Gasteiger partial charge in [0.1, 0.15) is 17.4 Å². The minimum Gasteiger partial charge on any atom is -0.493 e. The number of allylic oxidation sites excluding steroid dienone is 1. The van der Waals surface area contributed by atoms with Crippen LogP contribution < -0.4 is 10.5 Å². The van der Waals surface area contributed by atoms with Gasteiger partial charge in [0, 0.05) is 23.2 Å². The molecule has 170 valence electrons. The van der Waals surface area contributed by atoms with E-state index in [9.17, 15) is 13.6 Å². The summed E-state index contributed by atoms with van der Waals surface area (Å²) >= 11 is 0. The average Bonchev–Trinajstić information content (AvgIpc) is 2.67. The summed E-state index contributed by atoms with van der Waals surface area (Å²) in [5.74, 6) is -0.985. The van der Waals surface area contributed by atoms with E-state index in [1.807, 2.05) is 0 Å². The maximum absolute atomic E-state index is 14.8. The number of halogens is 3. The molecule has 0 aliphatic heterocycles. The zero-order valence-electron chi connectivity index (χ0n) is 18.2. The fraction of sp³-hybridized carbons (Fsp3) is 0.375. The summed E-state index contributed by atoms with van der Waals surface area (Å²) in [6.45, 7) is 9.40. The van der Waals surface area contributed by atoms with Crippen molar-refractivity contribution in [3.05, 3.63) is 65.2 Å². The molecule has 0 heterocycles. The number of aryl methyl sites for hydroxylation is 2. The monoisotopic (exact) mass is 453 g/mol. The first-order valence-electron chi connectivity index (χ1n) is 10.0. The molecule has 0 aromatic heterocycles. The molecule has 2 N–H and O–H groups in total. The number of carbonyl (C=O) groups excluding carboxylic acids is 1. The molecule has 4 nitrogen and oxygen atoms in total. The van der Waals surface area contributed by atoms with Gasteiger partial charge in [-0.15, -0.1) is 19.0 Å². The second-order valence-electron chi connectivity index (χ2n) is 7.19. The van der Waals surface area contributed by atoms with Gasteiger partial charge >= 0.3 is 5.97 Å². The van der Waals surface area contributed by atoms with Crippen molar-refractivity contribution in [1.29, 1.82) is 0 Å². The average molecular weight is 454 g/mol. The molecule has 0 spiro atoms. The third-order valence-electron chi connectivity index (χ3n) is 4.74. The standard InChI is InChI=1S/C24H29F2NO3.ClH/c1-5-7-8-9-30-21-13-18(25)11-15(3)23(21)17-10-16(4)24(26)19(12-17)20(27)14-22(28)29-6-2;/h5,10-13,20H,1,6-9,14,27H2,2-4H3;1H/t20-;/m0./s1. The Hall–Kier alpha value is -2.44. The van der Waals surface area contributed by atoms with Crippen LogP contribution in [-0.2, 0) is 9.53 Å². The molecule has 2 aromatic rings. The van der Waals surface area contributed by atoms with Crippen molar-refractivity contribution in [1.82, 2.24) is 0 Å². The molecule has 2 rings (SSSR count). The van der Waals surface area contributed by atoms with Crippen LogP contribution in [0.15, 0.2) is 36.9 Å².